The van der Waals surface area contributed by atoms with Gasteiger partial charge in [-0.15, -0.1) is 27.7 Å². The number of sulfonamides is 1. The van der Waals surface area contributed by atoms with Crippen molar-refractivity contribution in [1.29, 1.82) is 0 Å². The first-order valence-corrected chi connectivity index (χ1v) is 10.0. The highest BCUT2D eigenvalue weighted by molar-refractivity contribution is 7.89. The molecule has 1 aliphatic rings. The Bertz CT molecular complexity index is 672. The molecular weight excluding hydrogens is 359 g/mol. The van der Waals surface area contributed by atoms with Gasteiger partial charge in [-0.2, -0.15) is 4.31 Å². The summed E-state index contributed by atoms with van der Waals surface area (Å²) in [6.45, 7) is 0.247. The highest BCUT2D eigenvalue weighted by atomic mass is 32.2. The van der Waals surface area contributed by atoms with E-state index < -0.39 is 26.7 Å². The molecule has 1 saturated heterocycles. The first-order chi connectivity index (χ1) is 10.1. The van der Waals surface area contributed by atoms with Crippen LogP contribution in [0.4, 0.5) is 0 Å². The van der Waals surface area contributed by atoms with Crippen LogP contribution in [-0.2, 0) is 19.5 Å². The Morgan fingerprint density at radius 2 is 1.95 bits per heavy atom. The lowest BCUT2D eigenvalue weighted by atomic mass is 10.1. The Morgan fingerprint density at radius 3 is 2.55 bits per heavy atom. The smallest absolute Gasteiger partial charge is 0.322 e. The number of carboxylic acid groups (broad SMARTS) is 1. The SMILES string of the molecule is O=C(O)[C@@H]1CCCCN1S(=O)(=O)c1cccc(C(P)(P)P)c1. The summed E-state index contributed by atoms with van der Waals surface area (Å²) in [5.74, 6) is -1.09. The van der Waals surface area contributed by atoms with Gasteiger partial charge in [0.25, 0.3) is 0 Å². The zero-order valence-electron chi connectivity index (χ0n) is 12.0. The van der Waals surface area contributed by atoms with Gasteiger partial charge in [0.15, 0.2) is 0 Å². The fraction of sp³-hybridized carbons (Fsp3) is 0.462. The van der Waals surface area contributed by atoms with Gasteiger partial charge in [-0.3, -0.25) is 4.79 Å². The van der Waals surface area contributed by atoms with Crippen molar-refractivity contribution in [3.05, 3.63) is 29.8 Å². The van der Waals surface area contributed by atoms with E-state index in [-0.39, 0.29) is 11.4 Å². The van der Waals surface area contributed by atoms with Gasteiger partial charge in [-0.1, -0.05) is 12.1 Å². The molecule has 1 fully saturated rings. The molecule has 0 spiro atoms. The monoisotopic (exact) mass is 379 g/mol. The summed E-state index contributed by atoms with van der Waals surface area (Å²) in [6, 6.07) is 5.63. The number of benzene rings is 1. The van der Waals surface area contributed by atoms with Crippen LogP contribution in [0.15, 0.2) is 29.2 Å². The number of hydrogen-bond acceptors (Lipinski definition) is 3. The quantitative estimate of drug-likeness (QED) is 0.813. The number of carboxylic acids is 1. The van der Waals surface area contributed by atoms with Crippen LogP contribution in [0.5, 0.6) is 0 Å². The molecule has 0 radical (unpaired) electrons. The number of hydrogen-bond donors (Lipinski definition) is 1. The van der Waals surface area contributed by atoms with Gasteiger partial charge in [0.1, 0.15) is 6.04 Å². The Kier molecular flexibility index (Phi) is 5.63. The molecule has 1 N–H and O–H groups in total. The average molecular weight is 379 g/mol. The topological polar surface area (TPSA) is 74.7 Å². The van der Waals surface area contributed by atoms with Crippen LogP contribution >= 0.6 is 27.7 Å². The summed E-state index contributed by atoms with van der Waals surface area (Å²) >= 11 is 0. The van der Waals surface area contributed by atoms with Crippen molar-refractivity contribution in [2.75, 3.05) is 6.54 Å². The summed E-state index contributed by atoms with van der Waals surface area (Å²) < 4.78 is 26.3. The zero-order chi connectivity index (χ0) is 16.5. The molecule has 1 aromatic rings. The molecule has 2 rings (SSSR count). The second-order valence-electron chi connectivity index (χ2n) is 5.43. The maximum absolute atomic E-state index is 12.8. The highest BCUT2D eigenvalue weighted by Crippen LogP contribution is 2.45. The molecule has 0 bridgehead atoms. The van der Waals surface area contributed by atoms with Gasteiger partial charge in [0.2, 0.25) is 10.0 Å². The van der Waals surface area contributed by atoms with Crippen molar-refractivity contribution >= 4 is 43.7 Å². The first-order valence-electron chi connectivity index (χ1n) is 6.86. The average Bonchev–Trinajstić information content (AvgIpc) is 2.46. The zero-order valence-corrected chi connectivity index (χ0v) is 16.3. The van der Waals surface area contributed by atoms with Crippen molar-refractivity contribution in [2.45, 2.75) is 34.8 Å². The van der Waals surface area contributed by atoms with Crippen molar-refractivity contribution in [1.82, 2.24) is 4.31 Å². The third-order valence-electron chi connectivity index (χ3n) is 3.68. The van der Waals surface area contributed by atoms with Gasteiger partial charge in [-0.05, 0) is 37.0 Å². The van der Waals surface area contributed by atoms with E-state index in [9.17, 15) is 18.3 Å². The molecular formula is C13H20NO4P3S. The van der Waals surface area contributed by atoms with Crippen molar-refractivity contribution in [2.24, 2.45) is 0 Å². The minimum Gasteiger partial charge on any atom is -0.480 e. The number of rotatable bonds is 4. The van der Waals surface area contributed by atoms with Crippen molar-refractivity contribution in [3.8, 4) is 0 Å². The Balaban J connectivity index is 2.43. The van der Waals surface area contributed by atoms with E-state index in [2.05, 4.69) is 27.7 Å². The second kappa shape index (κ2) is 6.79. The summed E-state index contributed by atoms with van der Waals surface area (Å²) in [7, 11) is 4.01. The lowest BCUT2D eigenvalue weighted by molar-refractivity contribution is -0.142. The molecule has 0 aromatic heterocycles. The molecule has 122 valence electrons. The molecule has 1 aliphatic heterocycles. The van der Waals surface area contributed by atoms with E-state index in [4.69, 9.17) is 0 Å². The van der Waals surface area contributed by atoms with Gasteiger partial charge < -0.3 is 5.11 Å². The first kappa shape index (κ1) is 18.2. The fourth-order valence-electron chi connectivity index (χ4n) is 2.50. The molecule has 0 aliphatic carbocycles. The van der Waals surface area contributed by atoms with Gasteiger partial charge in [0, 0.05) is 11.2 Å². The number of nitrogens with zero attached hydrogens (tertiary/aromatic N) is 1. The lowest BCUT2D eigenvalue weighted by Gasteiger charge is -2.32. The van der Waals surface area contributed by atoms with Gasteiger partial charge in [-0.25, -0.2) is 8.42 Å². The molecule has 3 unspecified atom stereocenters. The molecule has 4 atom stereocenters. The summed E-state index contributed by atoms with van der Waals surface area (Å²) in [5, 5.41) is 9.29. The third kappa shape index (κ3) is 3.86. The standard InChI is InChI=1S/C13H20NO4P3S/c15-12(16)11-6-1-2-7-14(11)22(17,18)10-5-3-4-9(8-10)13(19,20)21/h3-5,8,11H,1-2,6-7,19-21H2,(H,15,16)/t11-/m0/s1. The van der Waals surface area contributed by atoms with Gasteiger partial charge >= 0.3 is 5.97 Å². The molecule has 9 heteroatoms. The predicted octanol–water partition coefficient (Wildman–Crippen LogP) is 2.05. The van der Waals surface area contributed by atoms with E-state index in [1.54, 1.807) is 12.1 Å². The summed E-state index contributed by atoms with van der Waals surface area (Å²) in [6.07, 6.45) is 1.77. The molecule has 0 saturated carbocycles. The van der Waals surface area contributed by atoms with E-state index in [0.717, 1.165) is 16.3 Å². The molecule has 22 heavy (non-hydrogen) atoms. The minimum atomic E-state index is -3.81. The van der Waals surface area contributed by atoms with Crippen LogP contribution in [-0.4, -0.2) is 36.4 Å². The van der Waals surface area contributed by atoms with Crippen LogP contribution in [0.25, 0.3) is 0 Å². The van der Waals surface area contributed by atoms with Crippen LogP contribution in [0.3, 0.4) is 0 Å². The second-order valence-corrected chi connectivity index (χ2v) is 12.2. The van der Waals surface area contributed by atoms with Crippen LogP contribution in [0.2, 0.25) is 0 Å². The van der Waals surface area contributed by atoms with Gasteiger partial charge in [0.05, 0.1) is 4.90 Å². The summed E-state index contributed by atoms with van der Waals surface area (Å²) in [4.78, 5) is 11.5. The molecule has 5 nitrogen and oxygen atoms in total. The maximum Gasteiger partial charge on any atom is 0.322 e. The number of carbonyl (C=O) groups is 1. The number of aliphatic carboxylic acids is 1. The largest absolute Gasteiger partial charge is 0.480 e. The van der Waals surface area contributed by atoms with E-state index in [1.165, 1.54) is 6.07 Å². The van der Waals surface area contributed by atoms with Crippen LogP contribution in [0.1, 0.15) is 24.8 Å². The third-order valence-corrected chi connectivity index (χ3v) is 6.58. The van der Waals surface area contributed by atoms with E-state index >= 15 is 0 Å². The van der Waals surface area contributed by atoms with E-state index in [1.807, 2.05) is 6.07 Å². The van der Waals surface area contributed by atoms with Crippen molar-refractivity contribution in [3.63, 3.8) is 0 Å². The Labute approximate surface area is 137 Å². The highest BCUT2D eigenvalue weighted by Gasteiger charge is 2.37. The molecule has 1 aromatic carbocycles. The Hall–Kier alpha value is -0.110. The van der Waals surface area contributed by atoms with Crippen molar-refractivity contribution < 1.29 is 18.3 Å². The van der Waals surface area contributed by atoms with Crippen LogP contribution in [0, 0.1) is 0 Å². The number of piperidine rings is 1. The molecule has 1 heterocycles. The maximum atomic E-state index is 12.8. The minimum absolute atomic E-state index is 0.134. The fourth-order valence-corrected chi connectivity index (χ4v) is 4.74. The van der Waals surface area contributed by atoms with Crippen LogP contribution < -0.4 is 0 Å². The van der Waals surface area contributed by atoms with E-state index in [0.29, 0.717) is 12.8 Å². The Morgan fingerprint density at radius 1 is 1.27 bits per heavy atom. The molecule has 0 amide bonds. The predicted molar refractivity (Wildman–Crippen MR) is 96.4 cm³/mol. The normalized spacial score (nSPS) is 20.8. The summed E-state index contributed by atoms with van der Waals surface area (Å²) in [5.41, 5.74) is 0.803. The lowest BCUT2D eigenvalue weighted by Crippen LogP contribution is -2.47.